The summed E-state index contributed by atoms with van der Waals surface area (Å²) in [5, 5.41) is 0.0150. The molecule has 1 aromatic carbocycles. The second-order valence-corrected chi connectivity index (χ2v) is 4.14. The average molecular weight is 264 g/mol. The van der Waals surface area contributed by atoms with Crippen LogP contribution >= 0.6 is 11.6 Å². The van der Waals surface area contributed by atoms with E-state index in [1.165, 1.54) is 12.1 Å². The van der Waals surface area contributed by atoms with Crippen LogP contribution in [-0.4, -0.2) is 10.8 Å². The lowest BCUT2D eigenvalue weighted by Gasteiger charge is -2.03. The quantitative estimate of drug-likeness (QED) is 0.668. The van der Waals surface area contributed by atoms with E-state index in [2.05, 4.69) is 9.98 Å². The van der Waals surface area contributed by atoms with Crippen LogP contribution in [0.3, 0.4) is 0 Å². The molecule has 0 aliphatic rings. The van der Waals surface area contributed by atoms with E-state index < -0.39 is 5.82 Å². The van der Waals surface area contributed by atoms with Gasteiger partial charge in [0.25, 0.3) is 0 Å². The number of aliphatic imine (C=N–C) groups is 1. The van der Waals surface area contributed by atoms with Crippen molar-refractivity contribution in [1.82, 2.24) is 4.98 Å². The van der Waals surface area contributed by atoms with Crippen molar-refractivity contribution >= 4 is 23.1 Å². The molecule has 0 saturated heterocycles. The molecule has 0 fully saturated rings. The number of pyridine rings is 1. The first kappa shape index (κ1) is 12.5. The summed E-state index contributed by atoms with van der Waals surface area (Å²) in [5.74, 6) is -0.436. The van der Waals surface area contributed by atoms with Gasteiger partial charge in [0.2, 0.25) is 0 Å². The largest absolute Gasteiger partial charge is 0.382 e. The molecule has 0 radical (unpaired) electrons. The monoisotopic (exact) mass is 263 g/mol. The normalized spacial score (nSPS) is 11.6. The maximum absolute atomic E-state index is 13.6. The van der Waals surface area contributed by atoms with Crippen LogP contribution in [0, 0.1) is 12.7 Å². The Balaban J connectivity index is 2.42. The highest BCUT2D eigenvalue weighted by molar-refractivity contribution is 6.31. The molecule has 0 aliphatic heterocycles. The molecule has 0 atom stereocenters. The Hall–Kier alpha value is -1.94. The van der Waals surface area contributed by atoms with E-state index in [0.29, 0.717) is 5.69 Å². The predicted molar refractivity (Wildman–Crippen MR) is 70.8 cm³/mol. The topological polar surface area (TPSA) is 51.3 Å². The minimum absolute atomic E-state index is 0.0150. The molecule has 2 rings (SSSR count). The van der Waals surface area contributed by atoms with Gasteiger partial charge in [-0.1, -0.05) is 23.7 Å². The fraction of sp³-hybridized carbons (Fsp3) is 0.0769. The minimum atomic E-state index is -0.588. The summed E-state index contributed by atoms with van der Waals surface area (Å²) in [5.41, 5.74) is 7.22. The van der Waals surface area contributed by atoms with Crippen LogP contribution < -0.4 is 5.73 Å². The maximum atomic E-state index is 13.6. The standard InChI is InChI=1S/C13H11ClFN3/c1-8-4-2-7-11(17-8)13(16)18-10-6-3-5-9(14)12(10)15/h2-7H,1H3,(H2,16,18). The predicted octanol–water partition coefficient (Wildman–Crippen LogP) is 3.22. The van der Waals surface area contributed by atoms with Crippen LogP contribution in [0.5, 0.6) is 0 Å². The van der Waals surface area contributed by atoms with E-state index in [1.807, 2.05) is 19.1 Å². The SMILES string of the molecule is Cc1cccc(C(N)=Nc2cccc(Cl)c2F)n1. The maximum Gasteiger partial charge on any atom is 0.167 e. The first-order chi connectivity index (χ1) is 8.58. The highest BCUT2D eigenvalue weighted by Crippen LogP contribution is 2.24. The molecular formula is C13H11ClFN3. The number of hydrogen-bond acceptors (Lipinski definition) is 2. The van der Waals surface area contributed by atoms with E-state index in [-0.39, 0.29) is 16.5 Å². The van der Waals surface area contributed by atoms with Gasteiger partial charge in [0.15, 0.2) is 5.82 Å². The molecule has 1 aromatic heterocycles. The van der Waals surface area contributed by atoms with Gasteiger partial charge < -0.3 is 5.73 Å². The van der Waals surface area contributed by atoms with Gasteiger partial charge >= 0.3 is 0 Å². The Bertz CT molecular complexity index is 611. The van der Waals surface area contributed by atoms with E-state index >= 15 is 0 Å². The average Bonchev–Trinajstić information content (AvgIpc) is 2.35. The van der Waals surface area contributed by atoms with Crippen molar-refractivity contribution in [2.45, 2.75) is 6.92 Å². The molecule has 2 N–H and O–H groups in total. The number of halogens is 2. The number of benzene rings is 1. The molecule has 0 spiro atoms. The van der Waals surface area contributed by atoms with Crippen molar-refractivity contribution in [3.05, 3.63) is 58.6 Å². The molecule has 0 aliphatic carbocycles. The first-order valence-corrected chi connectivity index (χ1v) is 5.68. The lowest BCUT2D eigenvalue weighted by molar-refractivity contribution is 0.630. The number of nitrogens with zero attached hydrogens (tertiary/aromatic N) is 2. The molecule has 92 valence electrons. The van der Waals surface area contributed by atoms with Gasteiger partial charge in [-0.2, -0.15) is 0 Å². The molecule has 3 nitrogen and oxygen atoms in total. The van der Waals surface area contributed by atoms with E-state index in [4.69, 9.17) is 17.3 Å². The number of aryl methyl sites for hydroxylation is 1. The molecule has 0 amide bonds. The second kappa shape index (κ2) is 5.14. The second-order valence-electron chi connectivity index (χ2n) is 3.73. The zero-order valence-electron chi connectivity index (χ0n) is 9.69. The van der Waals surface area contributed by atoms with Gasteiger partial charge in [-0.05, 0) is 31.2 Å². The third-order valence-electron chi connectivity index (χ3n) is 2.32. The van der Waals surface area contributed by atoms with Crippen LogP contribution in [0.4, 0.5) is 10.1 Å². The molecule has 0 saturated carbocycles. The summed E-state index contributed by atoms with van der Waals surface area (Å²) in [6.45, 7) is 1.84. The molecule has 18 heavy (non-hydrogen) atoms. The zero-order valence-corrected chi connectivity index (χ0v) is 10.4. The van der Waals surface area contributed by atoms with Crippen molar-refractivity contribution < 1.29 is 4.39 Å². The molecule has 2 aromatic rings. The summed E-state index contributed by atoms with van der Waals surface area (Å²) in [6, 6.07) is 9.95. The van der Waals surface area contributed by atoms with Gasteiger partial charge in [-0.3, -0.25) is 0 Å². The van der Waals surface area contributed by atoms with Crippen molar-refractivity contribution in [3.8, 4) is 0 Å². The highest BCUT2D eigenvalue weighted by atomic mass is 35.5. The van der Waals surface area contributed by atoms with Gasteiger partial charge in [0, 0.05) is 5.69 Å². The van der Waals surface area contributed by atoms with Crippen LogP contribution in [0.2, 0.25) is 5.02 Å². The summed E-state index contributed by atoms with van der Waals surface area (Å²) in [7, 11) is 0. The van der Waals surface area contributed by atoms with Crippen molar-refractivity contribution in [2.24, 2.45) is 10.7 Å². The van der Waals surface area contributed by atoms with Crippen LogP contribution in [0.1, 0.15) is 11.4 Å². The number of rotatable bonds is 2. The third-order valence-corrected chi connectivity index (χ3v) is 2.61. The Morgan fingerprint density at radius 1 is 1.28 bits per heavy atom. The van der Waals surface area contributed by atoms with Crippen LogP contribution in [-0.2, 0) is 0 Å². The summed E-state index contributed by atoms with van der Waals surface area (Å²) in [6.07, 6.45) is 0. The van der Waals surface area contributed by atoms with Crippen molar-refractivity contribution in [1.29, 1.82) is 0 Å². The lowest BCUT2D eigenvalue weighted by Crippen LogP contribution is -2.15. The summed E-state index contributed by atoms with van der Waals surface area (Å²) >= 11 is 5.67. The van der Waals surface area contributed by atoms with Crippen molar-refractivity contribution in [2.75, 3.05) is 0 Å². The van der Waals surface area contributed by atoms with Crippen LogP contribution in [0.25, 0.3) is 0 Å². The van der Waals surface area contributed by atoms with Crippen molar-refractivity contribution in [3.63, 3.8) is 0 Å². The number of aromatic nitrogens is 1. The molecule has 0 bridgehead atoms. The molecule has 1 heterocycles. The van der Waals surface area contributed by atoms with Gasteiger partial charge in [-0.15, -0.1) is 0 Å². The van der Waals surface area contributed by atoms with E-state index in [9.17, 15) is 4.39 Å². The third kappa shape index (κ3) is 2.65. The van der Waals surface area contributed by atoms with E-state index in [1.54, 1.807) is 12.1 Å². The Kier molecular flexibility index (Phi) is 3.58. The lowest BCUT2D eigenvalue weighted by atomic mass is 10.3. The smallest absolute Gasteiger partial charge is 0.167 e. The zero-order chi connectivity index (χ0) is 13.1. The fourth-order valence-electron chi connectivity index (χ4n) is 1.45. The fourth-order valence-corrected chi connectivity index (χ4v) is 1.62. The minimum Gasteiger partial charge on any atom is -0.382 e. The Morgan fingerprint density at radius 3 is 2.72 bits per heavy atom. The molecule has 0 unspecified atom stereocenters. The van der Waals surface area contributed by atoms with Crippen LogP contribution in [0.15, 0.2) is 41.4 Å². The Labute approximate surface area is 109 Å². The van der Waals surface area contributed by atoms with Gasteiger partial charge in [0.1, 0.15) is 17.2 Å². The Morgan fingerprint density at radius 2 is 2.00 bits per heavy atom. The molecular weight excluding hydrogens is 253 g/mol. The first-order valence-electron chi connectivity index (χ1n) is 5.30. The van der Waals surface area contributed by atoms with Gasteiger partial charge in [0.05, 0.1) is 5.02 Å². The number of amidine groups is 1. The number of hydrogen-bond donors (Lipinski definition) is 1. The summed E-state index contributed by atoms with van der Waals surface area (Å²) < 4.78 is 13.6. The highest BCUT2D eigenvalue weighted by Gasteiger charge is 2.07. The summed E-state index contributed by atoms with van der Waals surface area (Å²) in [4.78, 5) is 8.21. The molecule has 5 heteroatoms. The number of nitrogens with two attached hydrogens (primary N) is 1. The van der Waals surface area contributed by atoms with Gasteiger partial charge in [-0.25, -0.2) is 14.4 Å². The van der Waals surface area contributed by atoms with E-state index in [0.717, 1.165) is 5.69 Å².